The lowest BCUT2D eigenvalue weighted by Gasteiger charge is -2.36. The Kier molecular flexibility index (Phi) is 6.94. The average Bonchev–Trinajstić information content (AvgIpc) is 2.36. The maximum Gasteiger partial charge on any atom is 0.410 e. The molecule has 1 saturated heterocycles. The Hall–Kier alpha value is -0.810. The molecule has 1 amide bonds. The van der Waals surface area contributed by atoms with Crippen molar-refractivity contribution in [3.63, 3.8) is 0 Å². The molecule has 0 spiro atoms. The van der Waals surface area contributed by atoms with Gasteiger partial charge >= 0.3 is 6.09 Å². The van der Waals surface area contributed by atoms with Crippen molar-refractivity contribution in [1.29, 1.82) is 0 Å². The molecular formula is C16H32N2O3. The van der Waals surface area contributed by atoms with Crippen LogP contribution in [-0.2, 0) is 4.74 Å². The molecular weight excluding hydrogens is 268 g/mol. The lowest BCUT2D eigenvalue weighted by molar-refractivity contribution is 0.0148. The number of amides is 1. The summed E-state index contributed by atoms with van der Waals surface area (Å²) in [5.41, 5.74) is -0.439. The summed E-state index contributed by atoms with van der Waals surface area (Å²) in [5.74, 6) is 0.445. The van der Waals surface area contributed by atoms with Crippen molar-refractivity contribution in [3.8, 4) is 0 Å². The number of rotatable bonds is 5. The van der Waals surface area contributed by atoms with Crippen LogP contribution in [0.25, 0.3) is 0 Å². The van der Waals surface area contributed by atoms with Gasteiger partial charge in [-0.2, -0.15) is 0 Å². The van der Waals surface area contributed by atoms with Gasteiger partial charge in [-0.25, -0.2) is 4.79 Å². The summed E-state index contributed by atoms with van der Waals surface area (Å²) in [6, 6.07) is 0.342. The summed E-state index contributed by atoms with van der Waals surface area (Å²) < 4.78 is 5.45. The van der Waals surface area contributed by atoms with Crippen LogP contribution < -0.4 is 5.32 Å². The van der Waals surface area contributed by atoms with E-state index in [0.29, 0.717) is 12.0 Å². The van der Waals surface area contributed by atoms with Gasteiger partial charge in [-0.3, -0.25) is 0 Å². The third kappa shape index (κ3) is 7.14. The highest BCUT2D eigenvalue weighted by atomic mass is 16.6. The molecule has 3 atom stereocenters. The maximum atomic E-state index is 12.1. The van der Waals surface area contributed by atoms with Crippen molar-refractivity contribution in [2.75, 3.05) is 19.6 Å². The van der Waals surface area contributed by atoms with E-state index in [1.165, 1.54) is 0 Å². The normalized spacial score (nSPS) is 22.8. The largest absolute Gasteiger partial charge is 0.444 e. The quantitative estimate of drug-likeness (QED) is 0.818. The van der Waals surface area contributed by atoms with Gasteiger partial charge in [0.25, 0.3) is 0 Å². The predicted molar refractivity (Wildman–Crippen MR) is 84.3 cm³/mol. The molecule has 5 nitrogen and oxygen atoms in total. The Balaban J connectivity index is 2.42. The van der Waals surface area contributed by atoms with Crippen LogP contribution in [-0.4, -0.2) is 53.5 Å². The second-order valence-electron chi connectivity index (χ2n) is 7.21. The zero-order valence-corrected chi connectivity index (χ0v) is 14.2. The molecule has 1 rings (SSSR count). The Bertz CT molecular complexity index is 326. The molecule has 124 valence electrons. The monoisotopic (exact) mass is 300 g/mol. The van der Waals surface area contributed by atoms with Crippen LogP contribution >= 0.6 is 0 Å². The van der Waals surface area contributed by atoms with Crippen LogP contribution in [0.5, 0.6) is 0 Å². The summed E-state index contributed by atoms with van der Waals surface area (Å²) in [4.78, 5) is 14.0. The highest BCUT2D eigenvalue weighted by molar-refractivity contribution is 5.68. The van der Waals surface area contributed by atoms with E-state index in [9.17, 15) is 9.90 Å². The average molecular weight is 300 g/mol. The number of hydrogen-bond donors (Lipinski definition) is 2. The summed E-state index contributed by atoms with van der Waals surface area (Å²) >= 11 is 0. The van der Waals surface area contributed by atoms with Crippen LogP contribution in [0.1, 0.15) is 53.9 Å². The number of piperidine rings is 1. The first-order chi connectivity index (χ1) is 9.69. The number of nitrogens with one attached hydrogen (secondary N) is 1. The third-order valence-corrected chi connectivity index (χ3v) is 3.85. The van der Waals surface area contributed by atoms with Crippen LogP contribution in [0.15, 0.2) is 0 Å². The molecule has 1 aliphatic heterocycles. The minimum absolute atomic E-state index is 0.205. The van der Waals surface area contributed by atoms with Gasteiger partial charge < -0.3 is 20.1 Å². The zero-order chi connectivity index (χ0) is 16.0. The van der Waals surface area contributed by atoms with Crippen molar-refractivity contribution in [3.05, 3.63) is 0 Å². The molecule has 1 fully saturated rings. The van der Waals surface area contributed by atoms with Gasteiger partial charge in [0.2, 0.25) is 0 Å². The highest BCUT2D eigenvalue weighted by Gasteiger charge is 2.29. The molecule has 3 unspecified atom stereocenters. The van der Waals surface area contributed by atoms with E-state index in [1.807, 2.05) is 25.7 Å². The Morgan fingerprint density at radius 1 is 1.43 bits per heavy atom. The number of aliphatic hydroxyl groups is 1. The van der Waals surface area contributed by atoms with Gasteiger partial charge in [-0.1, -0.05) is 0 Å². The van der Waals surface area contributed by atoms with E-state index in [1.54, 1.807) is 6.92 Å². The summed E-state index contributed by atoms with van der Waals surface area (Å²) in [6.45, 7) is 12.0. The molecule has 0 aliphatic carbocycles. The van der Waals surface area contributed by atoms with E-state index >= 15 is 0 Å². The molecule has 0 aromatic carbocycles. The van der Waals surface area contributed by atoms with E-state index in [0.717, 1.165) is 38.9 Å². The summed E-state index contributed by atoms with van der Waals surface area (Å²) in [6.07, 6.45) is 2.43. The molecule has 1 aliphatic rings. The zero-order valence-electron chi connectivity index (χ0n) is 14.2. The van der Waals surface area contributed by atoms with Crippen molar-refractivity contribution in [2.24, 2.45) is 5.92 Å². The molecule has 0 aromatic heterocycles. The SMILES string of the molecule is CC(O)CCNC(C)C1CCCN(C(=O)OC(C)(C)C)C1. The Morgan fingerprint density at radius 3 is 2.67 bits per heavy atom. The number of aliphatic hydroxyl groups excluding tert-OH is 1. The molecule has 1 heterocycles. The van der Waals surface area contributed by atoms with Gasteiger partial charge in [0.15, 0.2) is 0 Å². The van der Waals surface area contributed by atoms with Crippen molar-refractivity contribution in [2.45, 2.75) is 71.6 Å². The third-order valence-electron chi connectivity index (χ3n) is 3.85. The molecule has 0 aromatic rings. The fourth-order valence-electron chi connectivity index (χ4n) is 2.60. The Morgan fingerprint density at radius 2 is 2.10 bits per heavy atom. The lowest BCUT2D eigenvalue weighted by atomic mass is 9.91. The summed E-state index contributed by atoms with van der Waals surface area (Å²) in [5, 5.41) is 12.7. The number of carbonyl (C=O) groups is 1. The molecule has 0 bridgehead atoms. The molecule has 2 N–H and O–H groups in total. The minimum atomic E-state index is -0.439. The fourth-order valence-corrected chi connectivity index (χ4v) is 2.60. The van der Waals surface area contributed by atoms with Crippen molar-refractivity contribution in [1.82, 2.24) is 10.2 Å². The predicted octanol–water partition coefficient (Wildman–Crippen LogP) is 2.38. The van der Waals surface area contributed by atoms with Crippen LogP contribution in [0.4, 0.5) is 4.79 Å². The second-order valence-corrected chi connectivity index (χ2v) is 7.21. The van der Waals surface area contributed by atoms with Gasteiger partial charge in [0, 0.05) is 19.1 Å². The van der Waals surface area contributed by atoms with Crippen molar-refractivity contribution < 1.29 is 14.6 Å². The highest BCUT2D eigenvalue weighted by Crippen LogP contribution is 2.21. The number of ether oxygens (including phenoxy) is 1. The van der Waals surface area contributed by atoms with Crippen LogP contribution in [0.2, 0.25) is 0 Å². The first-order valence-corrected chi connectivity index (χ1v) is 8.08. The van der Waals surface area contributed by atoms with Gasteiger partial charge in [-0.15, -0.1) is 0 Å². The fraction of sp³-hybridized carbons (Fsp3) is 0.938. The summed E-state index contributed by atoms with van der Waals surface area (Å²) in [7, 11) is 0. The van der Waals surface area contributed by atoms with E-state index in [-0.39, 0.29) is 12.2 Å². The number of likely N-dealkylation sites (tertiary alicyclic amines) is 1. The number of nitrogens with zero attached hydrogens (tertiary/aromatic N) is 1. The van der Waals surface area contributed by atoms with Gasteiger partial charge in [-0.05, 0) is 66.3 Å². The van der Waals surface area contributed by atoms with Crippen molar-refractivity contribution >= 4 is 6.09 Å². The second kappa shape index (κ2) is 7.99. The number of hydrogen-bond acceptors (Lipinski definition) is 4. The van der Waals surface area contributed by atoms with Crippen LogP contribution in [0.3, 0.4) is 0 Å². The van der Waals surface area contributed by atoms with Crippen LogP contribution in [0, 0.1) is 5.92 Å². The van der Waals surface area contributed by atoms with E-state index in [2.05, 4.69) is 12.2 Å². The molecule has 0 radical (unpaired) electrons. The van der Waals surface area contributed by atoms with Gasteiger partial charge in [0.05, 0.1) is 6.10 Å². The maximum absolute atomic E-state index is 12.1. The first-order valence-electron chi connectivity index (χ1n) is 8.08. The lowest BCUT2D eigenvalue weighted by Crippen LogP contribution is -2.48. The Labute approximate surface area is 129 Å². The standard InChI is InChI=1S/C16H32N2O3/c1-12(19)8-9-17-13(2)14-7-6-10-18(11-14)15(20)21-16(3,4)5/h12-14,17,19H,6-11H2,1-5H3. The molecule has 5 heteroatoms. The van der Waals surface area contributed by atoms with E-state index in [4.69, 9.17) is 4.74 Å². The van der Waals surface area contributed by atoms with E-state index < -0.39 is 5.60 Å². The van der Waals surface area contributed by atoms with Gasteiger partial charge in [0.1, 0.15) is 5.60 Å². The smallest absolute Gasteiger partial charge is 0.410 e. The minimum Gasteiger partial charge on any atom is -0.444 e. The molecule has 21 heavy (non-hydrogen) atoms. The first kappa shape index (κ1) is 18.2. The number of carbonyl (C=O) groups excluding carboxylic acids is 1. The molecule has 0 saturated carbocycles. The topological polar surface area (TPSA) is 61.8 Å².